The quantitative estimate of drug-likeness (QED) is 0.260. The Kier molecular flexibility index (Phi) is 6.29. The molecule has 0 spiro atoms. The Labute approximate surface area is 200 Å². The highest BCUT2D eigenvalue weighted by Crippen LogP contribution is 2.34. The van der Waals surface area contributed by atoms with Gasteiger partial charge in [-0.1, -0.05) is 42.5 Å². The minimum atomic E-state index is -0.220. The molecule has 1 aromatic heterocycles. The summed E-state index contributed by atoms with van der Waals surface area (Å²) in [6, 6.07) is 22.8. The molecule has 1 heterocycles. The van der Waals surface area contributed by atoms with Gasteiger partial charge in [0.2, 0.25) is 0 Å². The number of hydrogen-bond donors (Lipinski definition) is 3. The molecule has 4 N–H and O–H groups in total. The van der Waals surface area contributed by atoms with Gasteiger partial charge in [0, 0.05) is 24.0 Å². The topological polar surface area (TPSA) is 108 Å². The number of carbonyl (C=O) groups is 1. The van der Waals surface area contributed by atoms with Gasteiger partial charge in [-0.15, -0.1) is 0 Å². The van der Waals surface area contributed by atoms with E-state index < -0.39 is 0 Å². The number of halogens is 1. The molecular formula is C26H22BrN5O. The summed E-state index contributed by atoms with van der Waals surface area (Å²) in [5.41, 5.74) is 11.1. The van der Waals surface area contributed by atoms with Crippen molar-refractivity contribution in [2.45, 2.75) is 20.0 Å². The number of aryl methyl sites for hydroxylation is 1. The molecule has 0 aliphatic rings. The Morgan fingerprint density at radius 3 is 2.61 bits per heavy atom. The lowest BCUT2D eigenvalue weighted by Crippen LogP contribution is -2.26. The van der Waals surface area contributed by atoms with E-state index in [1.54, 1.807) is 18.2 Å². The molecule has 0 saturated carbocycles. The average molecular weight is 500 g/mol. The highest BCUT2D eigenvalue weighted by molar-refractivity contribution is 9.10. The van der Waals surface area contributed by atoms with Gasteiger partial charge in [-0.2, -0.15) is 5.26 Å². The fourth-order valence-electron chi connectivity index (χ4n) is 3.94. The molecule has 6 nitrogen and oxygen atoms in total. The number of nitrogens with two attached hydrogens (primary N) is 1. The van der Waals surface area contributed by atoms with E-state index in [-0.39, 0.29) is 11.7 Å². The first kappa shape index (κ1) is 22.3. The van der Waals surface area contributed by atoms with Crippen molar-refractivity contribution in [2.24, 2.45) is 5.73 Å². The van der Waals surface area contributed by atoms with Crippen molar-refractivity contribution in [3.05, 3.63) is 105 Å². The number of nitrogens with zero attached hydrogens (tertiary/aromatic N) is 2. The molecule has 7 heteroatoms. The van der Waals surface area contributed by atoms with Crippen LogP contribution in [0.25, 0.3) is 10.9 Å². The number of amidine groups is 1. The molecule has 0 radical (unpaired) electrons. The van der Waals surface area contributed by atoms with Crippen LogP contribution in [0.2, 0.25) is 0 Å². The smallest absolute Gasteiger partial charge is 0.269 e. The minimum Gasteiger partial charge on any atom is -0.384 e. The first-order valence-electron chi connectivity index (χ1n) is 10.4. The Morgan fingerprint density at radius 2 is 1.85 bits per heavy atom. The van der Waals surface area contributed by atoms with Gasteiger partial charge in [0.05, 0.1) is 21.6 Å². The Hall–Kier alpha value is -3.89. The maximum absolute atomic E-state index is 13.4. The predicted molar refractivity (Wildman–Crippen MR) is 133 cm³/mol. The lowest BCUT2D eigenvalue weighted by Gasteiger charge is -2.13. The van der Waals surface area contributed by atoms with Gasteiger partial charge < -0.3 is 15.6 Å². The summed E-state index contributed by atoms with van der Waals surface area (Å²) >= 11 is 3.67. The molecule has 3 aromatic carbocycles. The van der Waals surface area contributed by atoms with Crippen LogP contribution in [0, 0.1) is 23.7 Å². The zero-order valence-corrected chi connectivity index (χ0v) is 19.6. The molecule has 0 aliphatic carbocycles. The van der Waals surface area contributed by atoms with Crippen LogP contribution in [0.4, 0.5) is 0 Å². The van der Waals surface area contributed by atoms with E-state index in [0.29, 0.717) is 29.9 Å². The number of nitrogen functional groups attached to an aromatic ring is 1. The van der Waals surface area contributed by atoms with E-state index >= 15 is 0 Å². The number of aromatic nitrogens is 1. The zero-order valence-electron chi connectivity index (χ0n) is 18.0. The van der Waals surface area contributed by atoms with Crippen molar-refractivity contribution in [1.82, 2.24) is 9.88 Å². The van der Waals surface area contributed by atoms with Gasteiger partial charge in [-0.05, 0) is 63.8 Å². The molecule has 0 bridgehead atoms. The van der Waals surface area contributed by atoms with Crippen molar-refractivity contribution in [2.75, 3.05) is 0 Å². The Balaban J connectivity index is 1.72. The van der Waals surface area contributed by atoms with E-state index in [0.717, 1.165) is 32.1 Å². The third-order valence-corrected chi connectivity index (χ3v) is 6.31. The first-order valence-corrected chi connectivity index (χ1v) is 11.2. The molecule has 164 valence electrons. The standard InChI is InChI=1S/C26H22BrN5O/c1-16-5-2-10-21-22(16)23(27)24(32(21)15-19-8-3-6-17(11-19)13-28)26(33)31-14-18-7-4-9-20(12-18)25(29)30/h2-12H,14-15H2,1H3,(H3,29,30)(H,31,33). The summed E-state index contributed by atoms with van der Waals surface area (Å²) < 4.78 is 2.71. The van der Waals surface area contributed by atoms with E-state index in [2.05, 4.69) is 27.3 Å². The maximum atomic E-state index is 13.4. The molecule has 33 heavy (non-hydrogen) atoms. The molecule has 0 saturated heterocycles. The monoisotopic (exact) mass is 499 g/mol. The zero-order chi connectivity index (χ0) is 23.5. The van der Waals surface area contributed by atoms with Crippen LogP contribution < -0.4 is 11.1 Å². The highest BCUT2D eigenvalue weighted by Gasteiger charge is 2.22. The summed E-state index contributed by atoms with van der Waals surface area (Å²) in [5, 5.41) is 20.9. The molecule has 0 aliphatic heterocycles. The number of fused-ring (bicyclic) bond motifs is 1. The van der Waals surface area contributed by atoms with Gasteiger partial charge in [-0.25, -0.2) is 0 Å². The summed E-state index contributed by atoms with van der Waals surface area (Å²) in [6.45, 7) is 2.77. The van der Waals surface area contributed by atoms with Crippen molar-refractivity contribution in [3.63, 3.8) is 0 Å². The molecule has 4 rings (SSSR count). The normalized spacial score (nSPS) is 10.7. The van der Waals surface area contributed by atoms with Gasteiger partial charge in [-0.3, -0.25) is 10.2 Å². The predicted octanol–water partition coefficient (Wildman–Crippen LogP) is 4.85. The fourth-order valence-corrected chi connectivity index (χ4v) is 4.85. The van der Waals surface area contributed by atoms with Crippen LogP contribution in [0.5, 0.6) is 0 Å². The Bertz CT molecular complexity index is 1430. The second-order valence-electron chi connectivity index (χ2n) is 7.83. The van der Waals surface area contributed by atoms with Crippen LogP contribution in [0.3, 0.4) is 0 Å². The number of rotatable bonds is 6. The summed E-state index contributed by atoms with van der Waals surface area (Å²) in [7, 11) is 0. The molecule has 0 unspecified atom stereocenters. The third kappa shape index (κ3) is 4.52. The van der Waals surface area contributed by atoms with Crippen molar-refractivity contribution >= 4 is 38.6 Å². The van der Waals surface area contributed by atoms with Gasteiger partial charge in [0.15, 0.2) is 0 Å². The van der Waals surface area contributed by atoms with Crippen LogP contribution in [-0.4, -0.2) is 16.3 Å². The number of hydrogen-bond acceptors (Lipinski definition) is 3. The number of carbonyl (C=O) groups excluding carboxylic acids is 1. The minimum absolute atomic E-state index is 0.0129. The third-order valence-electron chi connectivity index (χ3n) is 5.54. The lowest BCUT2D eigenvalue weighted by molar-refractivity contribution is 0.0941. The Morgan fingerprint density at radius 1 is 1.12 bits per heavy atom. The molecular weight excluding hydrogens is 478 g/mol. The van der Waals surface area contributed by atoms with Crippen molar-refractivity contribution < 1.29 is 4.79 Å². The maximum Gasteiger partial charge on any atom is 0.269 e. The number of amides is 1. The SMILES string of the molecule is Cc1cccc2c1c(Br)c(C(=O)NCc1cccc(C(=N)N)c1)n2Cc1cccc(C#N)c1. The van der Waals surface area contributed by atoms with Gasteiger partial charge in [0.1, 0.15) is 11.5 Å². The molecule has 0 fully saturated rings. The van der Waals surface area contributed by atoms with Crippen LogP contribution in [0.15, 0.2) is 71.2 Å². The van der Waals surface area contributed by atoms with E-state index in [1.807, 2.05) is 60.0 Å². The average Bonchev–Trinajstić information content (AvgIpc) is 3.10. The molecule has 4 aromatic rings. The summed E-state index contributed by atoms with van der Waals surface area (Å²) in [4.78, 5) is 13.4. The second-order valence-corrected chi connectivity index (χ2v) is 8.62. The van der Waals surface area contributed by atoms with Crippen molar-refractivity contribution in [3.8, 4) is 6.07 Å². The molecule has 0 atom stereocenters. The summed E-state index contributed by atoms with van der Waals surface area (Å²) in [5.74, 6) is -0.233. The first-order chi connectivity index (χ1) is 15.9. The van der Waals surface area contributed by atoms with Crippen molar-refractivity contribution in [1.29, 1.82) is 10.7 Å². The summed E-state index contributed by atoms with van der Waals surface area (Å²) in [6.07, 6.45) is 0. The van der Waals surface area contributed by atoms with E-state index in [1.165, 1.54) is 0 Å². The number of nitrogens with one attached hydrogen (secondary N) is 2. The van der Waals surface area contributed by atoms with Gasteiger partial charge >= 0.3 is 0 Å². The van der Waals surface area contributed by atoms with Crippen LogP contribution in [-0.2, 0) is 13.1 Å². The number of nitriles is 1. The fraction of sp³-hybridized carbons (Fsp3) is 0.115. The second kappa shape index (κ2) is 9.31. The van der Waals surface area contributed by atoms with Gasteiger partial charge in [0.25, 0.3) is 5.91 Å². The van der Waals surface area contributed by atoms with Crippen LogP contribution >= 0.6 is 15.9 Å². The number of benzene rings is 3. The van der Waals surface area contributed by atoms with E-state index in [4.69, 9.17) is 11.1 Å². The lowest BCUT2D eigenvalue weighted by atomic mass is 10.1. The van der Waals surface area contributed by atoms with Crippen LogP contribution in [0.1, 0.15) is 38.3 Å². The van der Waals surface area contributed by atoms with E-state index in [9.17, 15) is 10.1 Å². The molecule has 1 amide bonds. The highest BCUT2D eigenvalue weighted by atomic mass is 79.9. The largest absolute Gasteiger partial charge is 0.384 e.